The molecule has 0 radical (unpaired) electrons. The number of benzene rings is 2. The second-order valence-electron chi connectivity index (χ2n) is 7.43. The van der Waals surface area contributed by atoms with Crippen LogP contribution in [0.4, 0.5) is 13.2 Å². The van der Waals surface area contributed by atoms with Crippen LogP contribution in [0.15, 0.2) is 53.5 Å². The van der Waals surface area contributed by atoms with E-state index in [1.54, 1.807) is 6.07 Å². The van der Waals surface area contributed by atoms with E-state index in [0.717, 1.165) is 36.2 Å². The molecule has 0 atom stereocenters. The zero-order valence-corrected chi connectivity index (χ0v) is 20.2. The predicted molar refractivity (Wildman–Crippen MR) is 130 cm³/mol. The van der Waals surface area contributed by atoms with E-state index in [1.807, 2.05) is 36.1 Å². The van der Waals surface area contributed by atoms with Crippen molar-refractivity contribution >= 4 is 35.8 Å². The van der Waals surface area contributed by atoms with Gasteiger partial charge in [0, 0.05) is 32.6 Å². The zero-order valence-electron chi connectivity index (χ0n) is 17.9. The van der Waals surface area contributed by atoms with Crippen LogP contribution in [0.3, 0.4) is 0 Å². The van der Waals surface area contributed by atoms with Crippen LogP contribution < -0.4 is 10.6 Å². The molecule has 1 heterocycles. The first-order valence-corrected chi connectivity index (χ1v) is 10.4. The molecule has 5 nitrogen and oxygen atoms in total. The van der Waals surface area contributed by atoms with Gasteiger partial charge in [0.1, 0.15) is 0 Å². The first-order valence-electron chi connectivity index (χ1n) is 10.4. The molecule has 0 spiro atoms. The number of likely N-dealkylation sites (tertiary alicyclic amines) is 1. The monoisotopic (exact) mass is 560 g/mol. The van der Waals surface area contributed by atoms with Gasteiger partial charge in [0.2, 0.25) is 5.91 Å². The number of carbonyl (C=O) groups is 1. The molecule has 1 aliphatic heterocycles. The molecule has 2 aromatic rings. The number of alkyl halides is 3. The fraction of sp³-hybridized carbons (Fsp3) is 0.391. The minimum Gasteiger partial charge on any atom is -0.357 e. The van der Waals surface area contributed by atoms with Crippen molar-refractivity contribution in [2.45, 2.75) is 45.6 Å². The maximum atomic E-state index is 12.9. The Morgan fingerprint density at radius 1 is 1.09 bits per heavy atom. The number of nitrogens with one attached hydrogen (secondary N) is 2. The Hall–Kier alpha value is -2.30. The summed E-state index contributed by atoms with van der Waals surface area (Å²) in [5.41, 5.74) is 1.93. The molecular formula is C23H28F3IN4O. The summed E-state index contributed by atoms with van der Waals surface area (Å²) in [7, 11) is 0. The molecule has 0 aromatic heterocycles. The molecule has 0 bridgehead atoms. The van der Waals surface area contributed by atoms with E-state index in [9.17, 15) is 18.0 Å². The van der Waals surface area contributed by atoms with Crippen LogP contribution in [-0.2, 0) is 30.6 Å². The fourth-order valence-corrected chi connectivity index (χ4v) is 3.50. The lowest BCUT2D eigenvalue weighted by Gasteiger charge is -2.19. The van der Waals surface area contributed by atoms with Crippen LogP contribution in [-0.4, -0.2) is 29.9 Å². The van der Waals surface area contributed by atoms with Gasteiger partial charge >= 0.3 is 6.18 Å². The molecule has 3 rings (SSSR count). The average Bonchev–Trinajstić information content (AvgIpc) is 3.15. The SMILES string of the molecule is CCNC(=NCc1cccc(C(F)(F)F)c1)NCc1ccccc1CN1CCCC1=O.I. The molecule has 0 saturated carbocycles. The molecule has 0 unspecified atom stereocenters. The molecule has 174 valence electrons. The summed E-state index contributed by atoms with van der Waals surface area (Å²) in [6.45, 7) is 4.53. The molecule has 1 saturated heterocycles. The Morgan fingerprint density at radius 3 is 2.50 bits per heavy atom. The fourth-order valence-electron chi connectivity index (χ4n) is 3.50. The highest BCUT2D eigenvalue weighted by atomic mass is 127. The normalized spacial score (nSPS) is 14.3. The molecule has 0 aliphatic carbocycles. The summed E-state index contributed by atoms with van der Waals surface area (Å²) in [6, 6.07) is 13.1. The van der Waals surface area contributed by atoms with Crippen molar-refractivity contribution in [3.63, 3.8) is 0 Å². The molecular weight excluding hydrogens is 532 g/mol. The van der Waals surface area contributed by atoms with Crippen LogP contribution in [0.5, 0.6) is 0 Å². The second kappa shape index (κ2) is 12.1. The van der Waals surface area contributed by atoms with Gasteiger partial charge in [-0.25, -0.2) is 4.99 Å². The van der Waals surface area contributed by atoms with E-state index >= 15 is 0 Å². The smallest absolute Gasteiger partial charge is 0.357 e. The summed E-state index contributed by atoms with van der Waals surface area (Å²) in [4.78, 5) is 18.3. The highest BCUT2D eigenvalue weighted by Crippen LogP contribution is 2.29. The van der Waals surface area contributed by atoms with E-state index in [0.29, 0.717) is 37.6 Å². The standard InChI is InChI=1S/C23H27F3N4O.HI/c1-2-27-22(28-14-17-7-5-10-20(13-17)23(24,25)26)29-15-18-8-3-4-9-19(18)16-30-12-6-11-21(30)31;/h3-5,7-10,13H,2,6,11-12,14-16H2,1H3,(H2,27,28,29);1H. The molecule has 1 aliphatic rings. The van der Waals surface area contributed by atoms with E-state index < -0.39 is 11.7 Å². The summed E-state index contributed by atoms with van der Waals surface area (Å²) < 4.78 is 38.8. The Morgan fingerprint density at radius 2 is 1.84 bits per heavy atom. The Labute approximate surface area is 203 Å². The van der Waals surface area contributed by atoms with Gasteiger partial charge in [-0.3, -0.25) is 4.79 Å². The minimum atomic E-state index is -4.37. The van der Waals surface area contributed by atoms with E-state index in [-0.39, 0.29) is 36.4 Å². The zero-order chi connectivity index (χ0) is 22.3. The van der Waals surface area contributed by atoms with Gasteiger partial charge in [-0.1, -0.05) is 36.4 Å². The maximum absolute atomic E-state index is 12.9. The first kappa shape index (κ1) is 26.0. The minimum absolute atomic E-state index is 0. The molecule has 9 heteroatoms. The molecule has 1 amide bonds. The third-order valence-electron chi connectivity index (χ3n) is 5.12. The number of halogens is 4. The van der Waals surface area contributed by atoms with Crippen molar-refractivity contribution in [1.82, 2.24) is 15.5 Å². The van der Waals surface area contributed by atoms with Crippen molar-refractivity contribution < 1.29 is 18.0 Å². The predicted octanol–water partition coefficient (Wildman–Crippen LogP) is 4.70. The van der Waals surface area contributed by atoms with E-state index in [2.05, 4.69) is 15.6 Å². The molecule has 2 aromatic carbocycles. The number of rotatable bonds is 7. The number of guanidine groups is 1. The van der Waals surface area contributed by atoms with E-state index in [1.165, 1.54) is 6.07 Å². The molecule has 2 N–H and O–H groups in total. The number of hydrogen-bond donors (Lipinski definition) is 2. The van der Waals surface area contributed by atoms with Gasteiger partial charge < -0.3 is 15.5 Å². The van der Waals surface area contributed by atoms with Crippen molar-refractivity contribution in [2.24, 2.45) is 4.99 Å². The third kappa shape index (κ3) is 7.39. The van der Waals surface area contributed by atoms with Crippen molar-refractivity contribution in [1.29, 1.82) is 0 Å². The molecule has 32 heavy (non-hydrogen) atoms. The molecule has 1 fully saturated rings. The summed E-state index contributed by atoms with van der Waals surface area (Å²) in [5, 5.41) is 6.36. The number of amides is 1. The summed E-state index contributed by atoms with van der Waals surface area (Å²) >= 11 is 0. The Bertz CT molecular complexity index is 933. The topological polar surface area (TPSA) is 56.7 Å². The van der Waals surface area contributed by atoms with Crippen molar-refractivity contribution in [2.75, 3.05) is 13.1 Å². The third-order valence-corrected chi connectivity index (χ3v) is 5.12. The summed E-state index contributed by atoms with van der Waals surface area (Å²) in [5.74, 6) is 0.700. The highest BCUT2D eigenvalue weighted by molar-refractivity contribution is 14.0. The quantitative estimate of drug-likeness (QED) is 0.294. The van der Waals surface area contributed by atoms with Gasteiger partial charge in [-0.05, 0) is 42.2 Å². The number of aliphatic imine (C=N–C) groups is 1. The van der Waals surface area contributed by atoms with Crippen LogP contribution in [0.25, 0.3) is 0 Å². The first-order chi connectivity index (χ1) is 14.9. The van der Waals surface area contributed by atoms with Gasteiger partial charge in [0.25, 0.3) is 0 Å². The van der Waals surface area contributed by atoms with Crippen molar-refractivity contribution in [3.8, 4) is 0 Å². The highest BCUT2D eigenvalue weighted by Gasteiger charge is 2.30. The Kier molecular flexibility index (Phi) is 9.80. The van der Waals surface area contributed by atoms with Crippen LogP contribution in [0.1, 0.15) is 42.0 Å². The second-order valence-corrected chi connectivity index (χ2v) is 7.43. The number of hydrogen-bond acceptors (Lipinski definition) is 2. The number of nitrogens with zero attached hydrogens (tertiary/aromatic N) is 2. The van der Waals surface area contributed by atoms with Gasteiger partial charge in [0.05, 0.1) is 12.1 Å². The average molecular weight is 560 g/mol. The lowest BCUT2D eigenvalue weighted by atomic mass is 10.1. The van der Waals surface area contributed by atoms with Crippen LogP contribution in [0.2, 0.25) is 0 Å². The van der Waals surface area contributed by atoms with Crippen LogP contribution in [0, 0.1) is 0 Å². The Balaban J connectivity index is 0.00000363. The lowest BCUT2D eigenvalue weighted by molar-refractivity contribution is -0.137. The van der Waals surface area contributed by atoms with E-state index in [4.69, 9.17) is 0 Å². The van der Waals surface area contributed by atoms with Crippen molar-refractivity contribution in [3.05, 3.63) is 70.8 Å². The maximum Gasteiger partial charge on any atom is 0.416 e. The van der Waals surface area contributed by atoms with Gasteiger partial charge in [-0.15, -0.1) is 24.0 Å². The largest absolute Gasteiger partial charge is 0.416 e. The van der Waals surface area contributed by atoms with Gasteiger partial charge in [0.15, 0.2) is 5.96 Å². The lowest BCUT2D eigenvalue weighted by Crippen LogP contribution is -2.37. The summed E-state index contributed by atoms with van der Waals surface area (Å²) in [6.07, 6.45) is -2.87. The number of carbonyl (C=O) groups excluding carboxylic acids is 1. The van der Waals surface area contributed by atoms with Gasteiger partial charge in [-0.2, -0.15) is 13.2 Å². The van der Waals surface area contributed by atoms with Crippen LogP contribution >= 0.6 is 24.0 Å².